The van der Waals surface area contributed by atoms with E-state index in [0.29, 0.717) is 11.6 Å². The molecule has 0 bridgehead atoms. The molecule has 0 saturated heterocycles. The molecular formula is C15H19ClO3. The molecule has 0 radical (unpaired) electrons. The molecule has 1 saturated carbocycles. The third-order valence-electron chi connectivity index (χ3n) is 3.41. The van der Waals surface area contributed by atoms with Crippen LogP contribution in [0.1, 0.15) is 32.6 Å². The maximum absolute atomic E-state index is 11.6. The number of carbonyl (C=O) groups is 1. The van der Waals surface area contributed by atoms with Gasteiger partial charge in [-0.25, -0.2) is 0 Å². The molecule has 1 fully saturated rings. The molecule has 1 aliphatic carbocycles. The molecule has 0 amide bonds. The minimum absolute atomic E-state index is 0.0463. The van der Waals surface area contributed by atoms with Gasteiger partial charge in [0, 0.05) is 5.02 Å². The van der Waals surface area contributed by atoms with E-state index >= 15 is 0 Å². The SMILES string of the molecule is CCOC(=O)C1CCC(Oc2ccc(Cl)cc2)CC1. The Bertz CT molecular complexity index is 408. The van der Waals surface area contributed by atoms with Gasteiger partial charge in [-0.1, -0.05) is 11.6 Å². The predicted octanol–water partition coefficient (Wildman–Crippen LogP) is 3.84. The minimum atomic E-state index is -0.0626. The van der Waals surface area contributed by atoms with E-state index in [0.717, 1.165) is 31.4 Å². The highest BCUT2D eigenvalue weighted by Crippen LogP contribution is 2.28. The quantitative estimate of drug-likeness (QED) is 0.787. The van der Waals surface area contributed by atoms with Crippen molar-refractivity contribution < 1.29 is 14.3 Å². The Morgan fingerprint density at radius 2 is 1.84 bits per heavy atom. The Kier molecular flexibility index (Phi) is 5.08. The average molecular weight is 283 g/mol. The molecule has 19 heavy (non-hydrogen) atoms. The highest BCUT2D eigenvalue weighted by Gasteiger charge is 2.28. The van der Waals surface area contributed by atoms with Crippen LogP contribution < -0.4 is 4.74 Å². The van der Waals surface area contributed by atoms with E-state index in [1.807, 2.05) is 31.2 Å². The Morgan fingerprint density at radius 3 is 2.42 bits per heavy atom. The first-order valence-electron chi connectivity index (χ1n) is 6.78. The van der Waals surface area contributed by atoms with Crippen molar-refractivity contribution in [1.82, 2.24) is 0 Å². The molecule has 0 aliphatic heterocycles. The van der Waals surface area contributed by atoms with E-state index in [-0.39, 0.29) is 18.0 Å². The molecule has 4 heteroatoms. The molecule has 1 aromatic carbocycles. The van der Waals surface area contributed by atoms with Gasteiger partial charge < -0.3 is 9.47 Å². The zero-order valence-corrected chi connectivity index (χ0v) is 11.9. The normalized spacial score (nSPS) is 22.8. The Labute approximate surface area is 118 Å². The van der Waals surface area contributed by atoms with Crippen LogP contribution in [-0.2, 0) is 9.53 Å². The van der Waals surface area contributed by atoms with Gasteiger partial charge in [-0.2, -0.15) is 0 Å². The zero-order valence-electron chi connectivity index (χ0n) is 11.1. The summed E-state index contributed by atoms with van der Waals surface area (Å²) in [4.78, 5) is 11.6. The molecule has 0 heterocycles. The summed E-state index contributed by atoms with van der Waals surface area (Å²) in [6.07, 6.45) is 3.67. The average Bonchev–Trinajstić information content (AvgIpc) is 2.42. The van der Waals surface area contributed by atoms with Crippen LogP contribution >= 0.6 is 11.6 Å². The van der Waals surface area contributed by atoms with E-state index in [2.05, 4.69) is 0 Å². The zero-order chi connectivity index (χ0) is 13.7. The van der Waals surface area contributed by atoms with Crippen molar-refractivity contribution in [3.05, 3.63) is 29.3 Å². The fourth-order valence-electron chi connectivity index (χ4n) is 2.38. The van der Waals surface area contributed by atoms with Gasteiger partial charge in [0.2, 0.25) is 0 Å². The van der Waals surface area contributed by atoms with Crippen LogP contribution in [0.4, 0.5) is 0 Å². The van der Waals surface area contributed by atoms with Crippen molar-refractivity contribution >= 4 is 17.6 Å². The molecule has 104 valence electrons. The van der Waals surface area contributed by atoms with Gasteiger partial charge in [0.1, 0.15) is 5.75 Å². The molecule has 3 nitrogen and oxygen atoms in total. The summed E-state index contributed by atoms with van der Waals surface area (Å²) in [6.45, 7) is 2.30. The third kappa shape index (κ3) is 4.13. The Hall–Kier alpha value is -1.22. The molecule has 1 aliphatic rings. The number of hydrogen-bond donors (Lipinski definition) is 0. The van der Waals surface area contributed by atoms with Crippen LogP contribution in [0.3, 0.4) is 0 Å². The third-order valence-corrected chi connectivity index (χ3v) is 3.66. The van der Waals surface area contributed by atoms with Gasteiger partial charge in [-0.3, -0.25) is 4.79 Å². The van der Waals surface area contributed by atoms with E-state index < -0.39 is 0 Å². The second-order valence-electron chi connectivity index (χ2n) is 4.80. The molecule has 2 rings (SSSR count). The van der Waals surface area contributed by atoms with Crippen LogP contribution in [0.15, 0.2) is 24.3 Å². The monoisotopic (exact) mass is 282 g/mol. The van der Waals surface area contributed by atoms with Crippen molar-refractivity contribution in [3.63, 3.8) is 0 Å². The fourth-order valence-corrected chi connectivity index (χ4v) is 2.51. The molecule has 0 spiro atoms. The standard InChI is InChI=1S/C15H19ClO3/c1-2-18-15(17)11-3-7-13(8-4-11)19-14-9-5-12(16)6-10-14/h5-6,9-11,13H,2-4,7-8H2,1H3. The van der Waals surface area contributed by atoms with E-state index in [9.17, 15) is 4.79 Å². The van der Waals surface area contributed by atoms with Crippen molar-refractivity contribution in [2.75, 3.05) is 6.61 Å². The summed E-state index contributed by atoms with van der Waals surface area (Å²) < 4.78 is 10.9. The smallest absolute Gasteiger partial charge is 0.308 e. The van der Waals surface area contributed by atoms with Crippen molar-refractivity contribution in [1.29, 1.82) is 0 Å². The number of carbonyl (C=O) groups excluding carboxylic acids is 1. The van der Waals surface area contributed by atoms with Gasteiger partial charge in [-0.05, 0) is 56.9 Å². The summed E-state index contributed by atoms with van der Waals surface area (Å²) in [6, 6.07) is 7.39. The van der Waals surface area contributed by atoms with Crippen molar-refractivity contribution in [2.45, 2.75) is 38.7 Å². The van der Waals surface area contributed by atoms with Crippen LogP contribution in [0.2, 0.25) is 5.02 Å². The summed E-state index contributed by atoms with van der Waals surface area (Å²) in [5.41, 5.74) is 0. The Balaban J connectivity index is 1.80. The van der Waals surface area contributed by atoms with Gasteiger partial charge in [0.05, 0.1) is 18.6 Å². The second kappa shape index (κ2) is 6.80. The van der Waals surface area contributed by atoms with Gasteiger partial charge in [-0.15, -0.1) is 0 Å². The summed E-state index contributed by atoms with van der Waals surface area (Å²) in [5.74, 6) is 0.821. The highest BCUT2D eigenvalue weighted by atomic mass is 35.5. The van der Waals surface area contributed by atoms with Crippen molar-refractivity contribution in [3.8, 4) is 5.75 Å². The van der Waals surface area contributed by atoms with Crippen LogP contribution in [0.25, 0.3) is 0 Å². The predicted molar refractivity (Wildman–Crippen MR) is 74.5 cm³/mol. The van der Waals surface area contributed by atoms with E-state index in [1.165, 1.54) is 0 Å². The van der Waals surface area contributed by atoms with Gasteiger partial charge >= 0.3 is 5.97 Å². The number of hydrogen-bond acceptors (Lipinski definition) is 3. The van der Waals surface area contributed by atoms with Crippen LogP contribution in [0, 0.1) is 5.92 Å². The number of esters is 1. The second-order valence-corrected chi connectivity index (χ2v) is 5.23. The maximum atomic E-state index is 11.6. The lowest BCUT2D eigenvalue weighted by Crippen LogP contribution is -2.29. The van der Waals surface area contributed by atoms with Crippen LogP contribution in [-0.4, -0.2) is 18.7 Å². The summed E-state index contributed by atoms with van der Waals surface area (Å²) >= 11 is 5.83. The first-order valence-corrected chi connectivity index (χ1v) is 7.15. The molecule has 1 aromatic rings. The lowest BCUT2D eigenvalue weighted by Gasteiger charge is -2.27. The maximum Gasteiger partial charge on any atom is 0.308 e. The molecular weight excluding hydrogens is 264 g/mol. The minimum Gasteiger partial charge on any atom is -0.490 e. The number of ether oxygens (including phenoxy) is 2. The highest BCUT2D eigenvalue weighted by molar-refractivity contribution is 6.30. The van der Waals surface area contributed by atoms with Crippen LogP contribution in [0.5, 0.6) is 5.75 Å². The molecule has 0 atom stereocenters. The lowest BCUT2D eigenvalue weighted by atomic mass is 9.87. The first kappa shape index (κ1) is 14.2. The van der Waals surface area contributed by atoms with Gasteiger partial charge in [0.25, 0.3) is 0 Å². The lowest BCUT2D eigenvalue weighted by molar-refractivity contribution is -0.149. The van der Waals surface area contributed by atoms with E-state index in [1.54, 1.807) is 0 Å². The molecule has 0 aromatic heterocycles. The first-order chi connectivity index (χ1) is 9.19. The number of benzene rings is 1. The molecule has 0 unspecified atom stereocenters. The number of rotatable bonds is 4. The largest absolute Gasteiger partial charge is 0.490 e. The summed E-state index contributed by atoms with van der Waals surface area (Å²) in [5, 5.41) is 0.707. The fraction of sp³-hybridized carbons (Fsp3) is 0.533. The Morgan fingerprint density at radius 1 is 1.21 bits per heavy atom. The summed E-state index contributed by atoms with van der Waals surface area (Å²) in [7, 11) is 0. The van der Waals surface area contributed by atoms with E-state index in [4.69, 9.17) is 21.1 Å². The molecule has 0 N–H and O–H groups in total. The topological polar surface area (TPSA) is 35.5 Å². The van der Waals surface area contributed by atoms with Gasteiger partial charge in [0.15, 0.2) is 0 Å². The number of halogens is 1. The van der Waals surface area contributed by atoms with Crippen molar-refractivity contribution in [2.24, 2.45) is 5.92 Å².